The molecule has 2 atom stereocenters. The van der Waals surface area contributed by atoms with Crippen LogP contribution < -0.4 is 19.5 Å². The number of anilines is 1. The molecule has 1 amide bonds. The van der Waals surface area contributed by atoms with Crippen molar-refractivity contribution in [1.82, 2.24) is 4.90 Å². The van der Waals surface area contributed by atoms with Crippen LogP contribution in [-0.4, -0.2) is 55.2 Å². The summed E-state index contributed by atoms with van der Waals surface area (Å²) in [7, 11) is 3.21. The van der Waals surface area contributed by atoms with Crippen LogP contribution in [-0.2, 0) is 4.79 Å². The summed E-state index contributed by atoms with van der Waals surface area (Å²) in [5, 5.41) is 13.7. The van der Waals surface area contributed by atoms with Gasteiger partial charge in [0.25, 0.3) is 5.69 Å². The molecular weight excluding hydrogens is 378 g/mol. The average Bonchev–Trinajstić information content (AvgIpc) is 2.73. The van der Waals surface area contributed by atoms with E-state index in [0.717, 1.165) is 0 Å². The predicted octanol–water partition coefficient (Wildman–Crippen LogP) is 2.70. The number of para-hydroxylation sites is 2. The number of likely N-dealkylation sites (N-methyl/N-ethyl adjacent to an activating group) is 1. The highest BCUT2D eigenvalue weighted by Gasteiger charge is 2.26. The highest BCUT2D eigenvalue weighted by Crippen LogP contribution is 2.31. The molecule has 9 heteroatoms. The Bertz CT molecular complexity index is 904. The molecule has 0 aliphatic carbocycles. The summed E-state index contributed by atoms with van der Waals surface area (Å²) in [5.74, 6) is 1.35. The van der Waals surface area contributed by atoms with Crippen molar-refractivity contribution in [3.63, 3.8) is 0 Å². The maximum Gasteiger partial charge on any atom is 0.273 e. The lowest BCUT2D eigenvalue weighted by atomic mass is 10.2. The summed E-state index contributed by atoms with van der Waals surface area (Å²) < 4.78 is 16.8. The maximum absolute atomic E-state index is 12.7. The third-order valence-corrected chi connectivity index (χ3v) is 4.75. The third-order valence-electron chi connectivity index (χ3n) is 4.75. The first-order valence-electron chi connectivity index (χ1n) is 9.11. The van der Waals surface area contributed by atoms with Crippen LogP contribution in [0.1, 0.15) is 6.92 Å². The number of nitrogens with one attached hydrogen (secondary N) is 1. The van der Waals surface area contributed by atoms with Crippen LogP contribution >= 0.6 is 0 Å². The van der Waals surface area contributed by atoms with Gasteiger partial charge in [0.15, 0.2) is 11.5 Å². The number of carbonyl (C=O) groups is 1. The van der Waals surface area contributed by atoms with E-state index in [2.05, 4.69) is 5.32 Å². The van der Waals surface area contributed by atoms with Crippen molar-refractivity contribution in [1.29, 1.82) is 0 Å². The molecule has 0 aromatic heterocycles. The zero-order valence-corrected chi connectivity index (χ0v) is 16.5. The van der Waals surface area contributed by atoms with Gasteiger partial charge >= 0.3 is 0 Å². The van der Waals surface area contributed by atoms with Crippen molar-refractivity contribution >= 4 is 17.3 Å². The molecule has 0 radical (unpaired) electrons. The minimum Gasteiger partial charge on any atom is -0.494 e. The van der Waals surface area contributed by atoms with Gasteiger partial charge in [-0.1, -0.05) is 12.1 Å². The minimum absolute atomic E-state index is 0.111. The number of nitro benzene ring substituents is 1. The number of carbonyl (C=O) groups excluding carboxylic acids is 1. The van der Waals surface area contributed by atoms with E-state index >= 15 is 0 Å². The second kappa shape index (κ2) is 8.78. The number of rotatable bonds is 7. The molecule has 0 unspecified atom stereocenters. The standard InChI is InChI=1S/C20H23N3O6/c1-13(20(24)21-16-9-8-14(23(25)26)10-19(16)27-3)22(2)11-15-12-28-17-6-4-5-7-18(17)29-15/h4-10,13,15H,11-12H2,1-3H3,(H,21,24)/t13-,15-/m1/s1. The number of ether oxygens (including phenoxy) is 3. The van der Waals surface area contributed by atoms with E-state index in [9.17, 15) is 14.9 Å². The third kappa shape index (κ3) is 4.75. The van der Waals surface area contributed by atoms with Crippen molar-refractivity contribution < 1.29 is 23.9 Å². The van der Waals surface area contributed by atoms with E-state index in [1.807, 2.05) is 36.2 Å². The Balaban J connectivity index is 1.61. The van der Waals surface area contributed by atoms with Gasteiger partial charge in [0.1, 0.15) is 18.5 Å². The summed E-state index contributed by atoms with van der Waals surface area (Å²) in [5.41, 5.74) is 0.259. The highest BCUT2D eigenvalue weighted by molar-refractivity contribution is 5.96. The smallest absolute Gasteiger partial charge is 0.273 e. The SMILES string of the molecule is COc1cc([N+](=O)[O-])ccc1NC(=O)[C@@H](C)N(C)C[C@@H]1COc2ccccc2O1. The molecular formula is C20H23N3O6. The van der Waals surface area contributed by atoms with Crippen molar-refractivity contribution in [3.05, 3.63) is 52.6 Å². The van der Waals surface area contributed by atoms with Crippen LogP contribution in [0.2, 0.25) is 0 Å². The first kappa shape index (κ1) is 20.4. The van der Waals surface area contributed by atoms with Gasteiger partial charge in [-0.25, -0.2) is 0 Å². The molecule has 2 aromatic carbocycles. The second-order valence-corrected chi connectivity index (χ2v) is 6.74. The molecule has 0 bridgehead atoms. The number of non-ortho nitro benzene ring substituents is 1. The first-order chi connectivity index (χ1) is 13.9. The number of benzene rings is 2. The average molecular weight is 401 g/mol. The Morgan fingerprint density at radius 2 is 2.07 bits per heavy atom. The van der Waals surface area contributed by atoms with E-state index in [1.54, 1.807) is 6.92 Å². The van der Waals surface area contributed by atoms with Crippen molar-refractivity contribution in [2.45, 2.75) is 19.1 Å². The summed E-state index contributed by atoms with van der Waals surface area (Å²) in [6, 6.07) is 11.0. The lowest BCUT2D eigenvalue weighted by Gasteiger charge is -2.31. The van der Waals surface area contributed by atoms with Gasteiger partial charge in [-0.3, -0.25) is 19.8 Å². The van der Waals surface area contributed by atoms with Crippen LogP contribution in [0.3, 0.4) is 0 Å². The number of hydrogen-bond donors (Lipinski definition) is 1. The van der Waals surface area contributed by atoms with Crippen LogP contribution in [0.5, 0.6) is 17.2 Å². The Hall–Kier alpha value is -3.33. The van der Waals surface area contributed by atoms with E-state index in [0.29, 0.717) is 30.3 Å². The Kier molecular flexibility index (Phi) is 6.18. The van der Waals surface area contributed by atoms with Crippen molar-refractivity contribution in [3.8, 4) is 17.2 Å². The Labute approximate surface area is 168 Å². The fourth-order valence-electron chi connectivity index (χ4n) is 2.97. The lowest BCUT2D eigenvalue weighted by molar-refractivity contribution is -0.384. The zero-order chi connectivity index (χ0) is 21.0. The number of fused-ring (bicyclic) bond motifs is 1. The van der Waals surface area contributed by atoms with Gasteiger partial charge in [-0.15, -0.1) is 0 Å². The molecule has 154 valence electrons. The van der Waals surface area contributed by atoms with Crippen molar-refractivity contribution in [2.24, 2.45) is 0 Å². The molecule has 0 spiro atoms. The molecule has 1 aliphatic heterocycles. The van der Waals surface area contributed by atoms with Crippen LogP contribution in [0.4, 0.5) is 11.4 Å². The second-order valence-electron chi connectivity index (χ2n) is 6.74. The molecule has 9 nitrogen and oxygen atoms in total. The molecule has 0 fully saturated rings. The van der Waals surface area contributed by atoms with Gasteiger partial charge in [-0.05, 0) is 32.2 Å². The van der Waals surface area contributed by atoms with Gasteiger partial charge < -0.3 is 19.5 Å². The fraction of sp³-hybridized carbons (Fsp3) is 0.350. The minimum atomic E-state index is -0.519. The zero-order valence-electron chi connectivity index (χ0n) is 16.5. The van der Waals surface area contributed by atoms with E-state index < -0.39 is 11.0 Å². The van der Waals surface area contributed by atoms with Crippen LogP contribution in [0.25, 0.3) is 0 Å². The lowest BCUT2D eigenvalue weighted by Crippen LogP contribution is -2.46. The molecule has 1 heterocycles. The number of amides is 1. The van der Waals surface area contributed by atoms with Gasteiger partial charge in [0.05, 0.1) is 29.8 Å². The van der Waals surface area contributed by atoms with E-state index in [1.165, 1.54) is 25.3 Å². The molecule has 1 aliphatic rings. The quantitative estimate of drug-likeness (QED) is 0.562. The summed E-state index contributed by atoms with van der Waals surface area (Å²) in [6.45, 7) is 2.65. The van der Waals surface area contributed by atoms with Gasteiger partial charge in [-0.2, -0.15) is 0 Å². The first-order valence-corrected chi connectivity index (χ1v) is 9.11. The van der Waals surface area contributed by atoms with E-state index in [-0.39, 0.29) is 23.4 Å². The topological polar surface area (TPSA) is 103 Å². The highest BCUT2D eigenvalue weighted by atomic mass is 16.6. The molecule has 2 aromatic rings. The fourth-order valence-corrected chi connectivity index (χ4v) is 2.97. The molecule has 3 rings (SSSR count). The molecule has 29 heavy (non-hydrogen) atoms. The Morgan fingerprint density at radius 1 is 1.34 bits per heavy atom. The number of methoxy groups -OCH3 is 1. The number of hydrogen-bond acceptors (Lipinski definition) is 7. The largest absolute Gasteiger partial charge is 0.494 e. The van der Waals surface area contributed by atoms with Crippen LogP contribution in [0.15, 0.2) is 42.5 Å². The predicted molar refractivity (Wildman–Crippen MR) is 107 cm³/mol. The summed E-state index contributed by atoms with van der Waals surface area (Å²) in [4.78, 5) is 24.9. The van der Waals surface area contributed by atoms with Gasteiger partial charge in [0, 0.05) is 12.6 Å². The summed E-state index contributed by atoms with van der Waals surface area (Å²) >= 11 is 0. The van der Waals surface area contributed by atoms with Gasteiger partial charge in [0.2, 0.25) is 5.91 Å². The summed E-state index contributed by atoms with van der Waals surface area (Å²) in [6.07, 6.45) is -0.209. The normalized spacial score (nSPS) is 16.2. The van der Waals surface area contributed by atoms with Crippen LogP contribution in [0, 0.1) is 10.1 Å². The molecule has 0 saturated carbocycles. The number of nitro groups is 1. The van der Waals surface area contributed by atoms with Crippen molar-refractivity contribution in [2.75, 3.05) is 32.6 Å². The van der Waals surface area contributed by atoms with E-state index in [4.69, 9.17) is 14.2 Å². The molecule has 1 N–H and O–H groups in total. The maximum atomic E-state index is 12.7. The number of nitrogens with zero attached hydrogens (tertiary/aromatic N) is 2. The molecule has 0 saturated heterocycles. The monoisotopic (exact) mass is 401 g/mol. The Morgan fingerprint density at radius 3 is 2.76 bits per heavy atom.